The maximum atomic E-state index is 10.7. The molecule has 0 saturated heterocycles. The molecule has 3 rings (SSSR count). The molecule has 0 fully saturated rings. The normalized spacial score (nSPS) is 13.2. The molecule has 2 aromatic rings. The van der Waals surface area contributed by atoms with Gasteiger partial charge in [0.05, 0.1) is 12.8 Å². The fourth-order valence-corrected chi connectivity index (χ4v) is 1.96. The largest absolute Gasteiger partial charge is 0.491 e. The van der Waals surface area contributed by atoms with Gasteiger partial charge in [-0.25, -0.2) is 9.78 Å². The van der Waals surface area contributed by atoms with E-state index in [0.717, 1.165) is 5.56 Å². The number of carboxylic acid groups (broad SMARTS) is 1. The van der Waals surface area contributed by atoms with Crippen LogP contribution in [0.3, 0.4) is 0 Å². The minimum absolute atomic E-state index is 0.0462. The Balaban J connectivity index is 1.81. The van der Waals surface area contributed by atoms with Crippen molar-refractivity contribution in [1.82, 2.24) is 4.98 Å². The first-order valence-electron chi connectivity index (χ1n) is 5.93. The number of carboxylic acids is 1. The van der Waals surface area contributed by atoms with Gasteiger partial charge < -0.3 is 19.5 Å². The van der Waals surface area contributed by atoms with Crippen molar-refractivity contribution in [1.29, 1.82) is 0 Å². The van der Waals surface area contributed by atoms with Crippen molar-refractivity contribution >= 4 is 18.6 Å². The van der Waals surface area contributed by atoms with Crippen LogP contribution in [-0.2, 0) is 11.3 Å². The summed E-state index contributed by atoms with van der Waals surface area (Å²) >= 11 is 0. The molecule has 100 valence electrons. The lowest BCUT2D eigenvalue weighted by Gasteiger charge is -2.07. The summed E-state index contributed by atoms with van der Waals surface area (Å²) in [4.78, 5) is 14.5. The van der Waals surface area contributed by atoms with Crippen LogP contribution in [0.1, 0.15) is 16.1 Å². The van der Waals surface area contributed by atoms with Crippen LogP contribution in [0, 0.1) is 0 Å². The predicted octanol–water partition coefficient (Wildman–Crippen LogP) is 0.790. The van der Waals surface area contributed by atoms with Gasteiger partial charge in [-0.2, -0.15) is 0 Å². The average Bonchev–Trinajstić information content (AvgIpc) is 2.81. The Morgan fingerprint density at radius 2 is 2.10 bits per heavy atom. The van der Waals surface area contributed by atoms with Crippen molar-refractivity contribution < 1.29 is 24.3 Å². The number of aromatic carboxylic acids is 1. The van der Waals surface area contributed by atoms with Crippen LogP contribution < -0.4 is 10.2 Å². The maximum Gasteiger partial charge on any atom is 0.491 e. The van der Waals surface area contributed by atoms with Crippen LogP contribution >= 0.6 is 0 Å². The van der Waals surface area contributed by atoms with Crippen molar-refractivity contribution in [2.24, 2.45) is 0 Å². The maximum absolute atomic E-state index is 10.7. The number of fused-ring (bicyclic) bond motifs is 1. The standard InChI is InChI=1S/C13H10BNO5/c16-13(17)12-4-3-10(6-15-12)20-9-2-1-8-7-19-14(18)11(8)5-9/h1-6,18H,7H2,(H,16,17). The smallest absolute Gasteiger partial charge is 0.477 e. The van der Waals surface area contributed by atoms with E-state index in [-0.39, 0.29) is 5.69 Å². The summed E-state index contributed by atoms with van der Waals surface area (Å²) in [5, 5.41) is 18.4. The average molecular weight is 271 g/mol. The molecule has 7 heteroatoms. The van der Waals surface area contributed by atoms with Gasteiger partial charge >= 0.3 is 13.1 Å². The van der Waals surface area contributed by atoms with Crippen LogP contribution in [0.2, 0.25) is 0 Å². The Labute approximate surface area is 114 Å². The zero-order valence-corrected chi connectivity index (χ0v) is 10.3. The second-order valence-electron chi connectivity index (χ2n) is 4.31. The molecular weight excluding hydrogens is 261 g/mol. The van der Waals surface area contributed by atoms with Gasteiger partial charge in [-0.1, -0.05) is 6.07 Å². The lowest BCUT2D eigenvalue weighted by Crippen LogP contribution is -2.27. The monoisotopic (exact) mass is 271 g/mol. The summed E-state index contributed by atoms with van der Waals surface area (Å²) < 4.78 is 10.7. The third-order valence-electron chi connectivity index (χ3n) is 2.97. The van der Waals surface area contributed by atoms with E-state index in [2.05, 4.69) is 4.98 Å². The number of nitrogens with zero attached hydrogens (tertiary/aromatic N) is 1. The van der Waals surface area contributed by atoms with Crippen LogP contribution in [0.25, 0.3) is 0 Å². The zero-order chi connectivity index (χ0) is 14.1. The summed E-state index contributed by atoms with van der Waals surface area (Å²) in [5.74, 6) is -0.143. The Bertz CT molecular complexity index is 658. The molecule has 0 amide bonds. The highest BCUT2D eigenvalue weighted by Gasteiger charge is 2.27. The van der Waals surface area contributed by atoms with E-state index in [1.165, 1.54) is 18.3 Å². The molecule has 0 aliphatic carbocycles. The molecular formula is C13H10BNO5. The molecule has 0 spiro atoms. The molecule has 0 unspecified atom stereocenters. The molecule has 20 heavy (non-hydrogen) atoms. The Morgan fingerprint density at radius 3 is 2.80 bits per heavy atom. The summed E-state index contributed by atoms with van der Waals surface area (Å²) in [5.41, 5.74) is 1.55. The zero-order valence-electron chi connectivity index (χ0n) is 10.3. The topological polar surface area (TPSA) is 88.9 Å². The van der Waals surface area contributed by atoms with E-state index in [0.29, 0.717) is 23.6 Å². The molecule has 1 aromatic carbocycles. The van der Waals surface area contributed by atoms with Crippen LogP contribution in [0.15, 0.2) is 36.5 Å². The van der Waals surface area contributed by atoms with Crippen molar-refractivity contribution in [3.63, 3.8) is 0 Å². The van der Waals surface area contributed by atoms with E-state index in [9.17, 15) is 9.82 Å². The summed E-state index contributed by atoms with van der Waals surface area (Å²) in [6.45, 7) is 0.381. The fraction of sp³-hybridized carbons (Fsp3) is 0.0769. The van der Waals surface area contributed by atoms with E-state index in [1.807, 2.05) is 6.07 Å². The first kappa shape index (κ1) is 12.6. The molecule has 1 aliphatic rings. The SMILES string of the molecule is O=C(O)c1ccc(Oc2ccc3c(c2)B(O)OC3)cn1. The second kappa shape index (κ2) is 4.95. The van der Waals surface area contributed by atoms with E-state index >= 15 is 0 Å². The van der Waals surface area contributed by atoms with E-state index in [4.69, 9.17) is 14.5 Å². The minimum Gasteiger partial charge on any atom is -0.477 e. The van der Waals surface area contributed by atoms with Crippen LogP contribution in [-0.4, -0.2) is 28.2 Å². The van der Waals surface area contributed by atoms with Gasteiger partial charge in [0.25, 0.3) is 0 Å². The molecule has 1 aromatic heterocycles. The number of benzene rings is 1. The molecule has 2 N–H and O–H groups in total. The number of rotatable bonds is 3. The number of carbonyl (C=O) groups is 1. The highest BCUT2D eigenvalue weighted by atomic mass is 16.5. The number of aromatic nitrogens is 1. The van der Waals surface area contributed by atoms with E-state index in [1.54, 1.807) is 12.1 Å². The highest BCUT2D eigenvalue weighted by Crippen LogP contribution is 2.22. The van der Waals surface area contributed by atoms with Gasteiger partial charge in [0.1, 0.15) is 17.2 Å². The third-order valence-corrected chi connectivity index (χ3v) is 2.97. The van der Waals surface area contributed by atoms with Crippen LogP contribution in [0.4, 0.5) is 0 Å². The molecule has 0 radical (unpaired) electrons. The minimum atomic E-state index is -1.09. The van der Waals surface area contributed by atoms with Gasteiger partial charge in [0.2, 0.25) is 0 Å². The molecule has 6 nitrogen and oxygen atoms in total. The predicted molar refractivity (Wildman–Crippen MR) is 70.1 cm³/mol. The first-order chi connectivity index (χ1) is 9.63. The molecule has 0 bridgehead atoms. The van der Waals surface area contributed by atoms with Crippen LogP contribution in [0.5, 0.6) is 11.5 Å². The summed E-state index contributed by atoms with van der Waals surface area (Å²) in [6, 6.07) is 8.16. The van der Waals surface area contributed by atoms with Crippen molar-refractivity contribution in [2.45, 2.75) is 6.61 Å². The summed E-state index contributed by atoms with van der Waals surface area (Å²) in [6.07, 6.45) is 1.34. The Hall–Kier alpha value is -2.38. The van der Waals surface area contributed by atoms with Gasteiger partial charge in [-0.15, -0.1) is 0 Å². The molecule has 1 aliphatic heterocycles. The van der Waals surface area contributed by atoms with Crippen molar-refractivity contribution in [3.05, 3.63) is 47.8 Å². The lowest BCUT2D eigenvalue weighted by molar-refractivity contribution is 0.0690. The molecule has 0 atom stereocenters. The van der Waals surface area contributed by atoms with Gasteiger partial charge in [-0.3, -0.25) is 0 Å². The number of hydrogen-bond donors (Lipinski definition) is 2. The fourth-order valence-electron chi connectivity index (χ4n) is 1.96. The number of pyridine rings is 1. The Morgan fingerprint density at radius 1 is 1.30 bits per heavy atom. The Kier molecular flexibility index (Phi) is 3.13. The van der Waals surface area contributed by atoms with Gasteiger partial charge in [0, 0.05) is 0 Å². The third kappa shape index (κ3) is 2.36. The number of ether oxygens (including phenoxy) is 1. The lowest BCUT2D eigenvalue weighted by atomic mass is 9.79. The van der Waals surface area contributed by atoms with Gasteiger partial charge in [0.15, 0.2) is 0 Å². The quantitative estimate of drug-likeness (QED) is 0.802. The van der Waals surface area contributed by atoms with E-state index < -0.39 is 13.1 Å². The summed E-state index contributed by atoms with van der Waals surface area (Å²) in [7, 11) is -0.930. The highest BCUT2D eigenvalue weighted by molar-refractivity contribution is 6.61. The molecule has 2 heterocycles. The molecule has 0 saturated carbocycles. The van der Waals surface area contributed by atoms with Gasteiger partial charge in [-0.05, 0) is 35.3 Å². The second-order valence-corrected chi connectivity index (χ2v) is 4.31. The van der Waals surface area contributed by atoms with Crippen molar-refractivity contribution in [3.8, 4) is 11.5 Å². The number of hydrogen-bond acceptors (Lipinski definition) is 5. The first-order valence-corrected chi connectivity index (χ1v) is 5.93. The van der Waals surface area contributed by atoms with Crippen molar-refractivity contribution in [2.75, 3.05) is 0 Å².